The smallest absolute Gasteiger partial charge is 0.349 e. The molecule has 4 aromatic carbocycles. The molecule has 1 saturated carbocycles. The van der Waals surface area contributed by atoms with Crippen molar-refractivity contribution >= 4 is 35.5 Å². The van der Waals surface area contributed by atoms with Crippen LogP contribution in [0.3, 0.4) is 0 Å². The molecule has 0 spiro atoms. The molecule has 1 heterocycles. The molecule has 18 nitrogen and oxygen atoms in total. The van der Waals surface area contributed by atoms with Crippen molar-refractivity contribution < 1.29 is 67.5 Å². The van der Waals surface area contributed by atoms with E-state index in [0.717, 1.165) is 61.1 Å². The molecule has 4 aromatic rings. The molecular formula is C49H54N2O16. The number of benzene rings is 4. The maximum atomic E-state index is 13.2. The average Bonchev–Trinajstić information content (AvgIpc) is 3.29. The molecule has 0 radical (unpaired) electrons. The highest BCUT2D eigenvalue weighted by atomic mass is 16.6. The van der Waals surface area contributed by atoms with E-state index < -0.39 is 56.5 Å². The zero-order valence-electron chi connectivity index (χ0n) is 38.7. The number of aliphatic carboxylic acids is 2. The fourth-order valence-corrected chi connectivity index (χ4v) is 8.70. The molecule has 0 saturated heterocycles. The van der Waals surface area contributed by atoms with E-state index >= 15 is 0 Å². The van der Waals surface area contributed by atoms with Gasteiger partial charge in [-0.2, -0.15) is 0 Å². The van der Waals surface area contributed by atoms with Crippen LogP contribution in [0, 0.1) is 31.6 Å². The number of nitrogens with zero attached hydrogens (tertiary/aromatic N) is 2. The summed E-state index contributed by atoms with van der Waals surface area (Å²) in [5.41, 5.74) is 0.822. The van der Waals surface area contributed by atoms with Gasteiger partial charge in [0, 0.05) is 11.5 Å². The Balaban J connectivity index is 1.57. The Bertz CT molecular complexity index is 2520. The van der Waals surface area contributed by atoms with Crippen LogP contribution >= 0.6 is 0 Å². The topological polar surface area (TPSA) is 235 Å². The van der Waals surface area contributed by atoms with E-state index in [1.54, 1.807) is 39.2 Å². The van der Waals surface area contributed by atoms with E-state index in [1.807, 2.05) is 12.1 Å². The first-order chi connectivity index (χ1) is 31.8. The summed E-state index contributed by atoms with van der Waals surface area (Å²) in [7, 11) is 6.65. The van der Waals surface area contributed by atoms with E-state index in [0.29, 0.717) is 22.6 Å². The number of carboxylic acid groups (broad SMARTS) is 2. The van der Waals surface area contributed by atoms with Crippen LogP contribution in [-0.4, -0.2) is 73.7 Å². The van der Waals surface area contributed by atoms with Gasteiger partial charge in [-0.1, -0.05) is 37.6 Å². The zero-order valence-corrected chi connectivity index (χ0v) is 38.7. The van der Waals surface area contributed by atoms with Crippen molar-refractivity contribution in [2.24, 2.45) is 11.3 Å². The number of carboxylic acids is 2. The van der Waals surface area contributed by atoms with Crippen LogP contribution in [0.2, 0.25) is 0 Å². The summed E-state index contributed by atoms with van der Waals surface area (Å²) in [4.78, 5) is 49.7. The first kappa shape index (κ1) is 48.9. The summed E-state index contributed by atoms with van der Waals surface area (Å²) < 4.78 is 46.3. The van der Waals surface area contributed by atoms with E-state index in [4.69, 9.17) is 37.9 Å². The van der Waals surface area contributed by atoms with Crippen LogP contribution in [0.1, 0.15) is 92.5 Å². The maximum absolute atomic E-state index is 13.2. The zero-order chi connectivity index (χ0) is 48.9. The Morgan fingerprint density at radius 3 is 1.60 bits per heavy atom. The predicted octanol–water partition coefficient (Wildman–Crippen LogP) is 9.76. The van der Waals surface area contributed by atoms with Gasteiger partial charge in [0.15, 0.2) is 34.5 Å². The standard InChI is InChI=1S/C49H54N2O16/c1-26(2)12-15-30-37(66-45(47(52)53)31-22-39(60-5)41(62-7)24-34(31)50(56)57)18-28(19-38(30)67-46(48(54)55)32-23-40(61-6)42(63-8)25-35(32)51(58)59)14-13-27-17-29-21-33-36(11-10-16-49(33,3)4)65-44(29)43(20-27)64-9/h12-14,17-20,22-25,33,36,45-46H,10-11,15-16,21H2,1-9H3,(H,52,53)(H,54,55)/b14-13+. The van der Waals surface area contributed by atoms with Gasteiger partial charge < -0.3 is 48.1 Å². The lowest BCUT2D eigenvalue weighted by Crippen LogP contribution is -2.45. The van der Waals surface area contributed by atoms with E-state index in [9.17, 15) is 40.0 Å². The normalized spacial score (nSPS) is 16.8. The number of carbonyl (C=O) groups is 2. The number of hydrogen-bond donors (Lipinski definition) is 2. The van der Waals surface area contributed by atoms with Gasteiger partial charge in [-0.05, 0) is 104 Å². The summed E-state index contributed by atoms with van der Waals surface area (Å²) in [5, 5.41) is 46.3. The highest BCUT2D eigenvalue weighted by Gasteiger charge is 2.44. The van der Waals surface area contributed by atoms with Crippen molar-refractivity contribution in [1.29, 1.82) is 0 Å². The molecule has 0 aromatic heterocycles. The third-order valence-electron chi connectivity index (χ3n) is 12.2. The van der Waals surface area contributed by atoms with E-state index in [-0.39, 0.29) is 63.9 Å². The summed E-state index contributed by atoms with van der Waals surface area (Å²) in [6.45, 7) is 8.11. The van der Waals surface area contributed by atoms with Gasteiger partial charge in [-0.3, -0.25) is 20.2 Å². The Labute approximate surface area is 386 Å². The third kappa shape index (κ3) is 10.5. The van der Waals surface area contributed by atoms with Gasteiger partial charge in [0.1, 0.15) is 17.6 Å². The van der Waals surface area contributed by atoms with E-state index in [2.05, 4.69) is 13.8 Å². The Morgan fingerprint density at radius 2 is 1.16 bits per heavy atom. The molecule has 1 aliphatic heterocycles. The largest absolute Gasteiger partial charge is 0.493 e. The number of nitro benzene ring substituents is 2. The molecule has 356 valence electrons. The van der Waals surface area contributed by atoms with Crippen molar-refractivity contribution in [2.75, 3.05) is 35.5 Å². The number of hydrogen-bond acceptors (Lipinski definition) is 14. The molecule has 0 bridgehead atoms. The van der Waals surface area contributed by atoms with E-state index in [1.165, 1.54) is 40.6 Å². The van der Waals surface area contributed by atoms with Crippen molar-refractivity contribution in [3.63, 3.8) is 0 Å². The van der Waals surface area contributed by atoms with Crippen LogP contribution in [0.15, 0.2) is 60.2 Å². The number of nitro groups is 2. The number of ether oxygens (including phenoxy) is 8. The Hall–Kier alpha value is -7.50. The SMILES string of the molecule is COc1cc(C(Oc2cc(/C=C/c3cc4c(c(OC)c3)OC3CCCC(C)(C)C3C4)cc(OC(C(=O)O)c3cc(OC)c(OC)cc3[N+](=O)[O-])c2CC=C(C)C)C(=O)O)c([N+](=O)[O-])cc1OC. The van der Waals surface area contributed by atoms with Gasteiger partial charge in [0.2, 0.25) is 12.2 Å². The quantitative estimate of drug-likeness (QED) is 0.0385. The second-order valence-electron chi connectivity index (χ2n) is 17.1. The monoisotopic (exact) mass is 926 g/mol. The molecule has 2 aliphatic rings. The Kier molecular flexibility index (Phi) is 14.9. The summed E-state index contributed by atoms with van der Waals surface area (Å²) in [6.07, 6.45) is 4.91. The minimum Gasteiger partial charge on any atom is -0.493 e. The van der Waals surface area contributed by atoms with Crippen LogP contribution in [0.4, 0.5) is 11.4 Å². The van der Waals surface area contributed by atoms with Gasteiger partial charge in [-0.15, -0.1) is 0 Å². The fraction of sp³-hybridized carbons (Fsp3) is 0.388. The lowest BCUT2D eigenvalue weighted by molar-refractivity contribution is -0.386. The lowest BCUT2D eigenvalue weighted by atomic mass is 9.64. The van der Waals surface area contributed by atoms with Crippen LogP contribution in [0.25, 0.3) is 12.2 Å². The Morgan fingerprint density at radius 1 is 0.716 bits per heavy atom. The first-order valence-electron chi connectivity index (χ1n) is 21.3. The molecule has 0 amide bonds. The lowest BCUT2D eigenvalue weighted by Gasteiger charge is -2.47. The van der Waals surface area contributed by atoms with Crippen LogP contribution in [-0.2, 0) is 22.4 Å². The highest BCUT2D eigenvalue weighted by Crippen LogP contribution is 2.51. The van der Waals surface area contributed by atoms with Gasteiger partial charge in [0.25, 0.3) is 11.4 Å². The number of allylic oxidation sites excluding steroid dienone is 2. The molecule has 1 fully saturated rings. The van der Waals surface area contributed by atoms with Gasteiger partial charge >= 0.3 is 11.9 Å². The van der Waals surface area contributed by atoms with Gasteiger partial charge in [0.05, 0.1) is 68.7 Å². The third-order valence-corrected chi connectivity index (χ3v) is 12.2. The second kappa shape index (κ2) is 20.3. The molecule has 6 rings (SSSR count). The molecular weight excluding hydrogens is 873 g/mol. The van der Waals surface area contributed by atoms with Crippen molar-refractivity contribution in [3.8, 4) is 46.0 Å². The molecule has 18 heteroatoms. The van der Waals surface area contributed by atoms with Crippen LogP contribution < -0.4 is 37.9 Å². The van der Waals surface area contributed by atoms with Gasteiger partial charge in [-0.25, -0.2) is 9.59 Å². The highest BCUT2D eigenvalue weighted by molar-refractivity contribution is 5.80. The minimum atomic E-state index is -2.06. The van der Waals surface area contributed by atoms with Crippen LogP contribution in [0.5, 0.6) is 46.0 Å². The molecule has 2 N–H and O–H groups in total. The predicted molar refractivity (Wildman–Crippen MR) is 245 cm³/mol. The number of fused-ring (bicyclic) bond motifs is 2. The summed E-state index contributed by atoms with van der Waals surface area (Å²) in [5.74, 6) is -2.19. The summed E-state index contributed by atoms with van der Waals surface area (Å²) >= 11 is 0. The van der Waals surface area contributed by atoms with Crippen molar-refractivity contribution in [2.45, 2.75) is 78.1 Å². The summed E-state index contributed by atoms with van der Waals surface area (Å²) in [6, 6.07) is 11.1. The molecule has 1 aliphatic carbocycles. The average molecular weight is 927 g/mol. The molecule has 67 heavy (non-hydrogen) atoms. The first-order valence-corrected chi connectivity index (χ1v) is 21.3. The van der Waals surface area contributed by atoms with Crippen molar-refractivity contribution in [1.82, 2.24) is 0 Å². The maximum Gasteiger partial charge on any atom is 0.349 e. The van der Waals surface area contributed by atoms with Crippen molar-refractivity contribution in [3.05, 3.63) is 114 Å². The molecule has 4 atom stereocenters. The number of methoxy groups -OCH3 is 5. The molecule has 4 unspecified atom stereocenters. The number of rotatable bonds is 19. The second-order valence-corrected chi connectivity index (χ2v) is 17.1. The fourth-order valence-electron chi connectivity index (χ4n) is 8.70. The minimum absolute atomic E-state index is 0.0160.